The van der Waals surface area contributed by atoms with Crippen LogP contribution in [0.1, 0.15) is 19.4 Å². The van der Waals surface area contributed by atoms with Crippen molar-refractivity contribution in [3.8, 4) is 0 Å². The number of carbonyl (C=O) groups is 1. The second kappa shape index (κ2) is 5.95. The zero-order chi connectivity index (χ0) is 14.6. The first-order chi connectivity index (χ1) is 8.75. The lowest BCUT2D eigenvalue weighted by atomic mass is 10.0. The molecule has 0 saturated carbocycles. The van der Waals surface area contributed by atoms with Gasteiger partial charge in [0.25, 0.3) is 0 Å². The minimum atomic E-state index is -4.34. The van der Waals surface area contributed by atoms with Crippen LogP contribution in [-0.2, 0) is 15.7 Å². The highest BCUT2D eigenvalue weighted by Gasteiger charge is 2.30. The minimum Gasteiger partial charge on any atom is -0.469 e. The van der Waals surface area contributed by atoms with Crippen molar-refractivity contribution >= 4 is 11.7 Å². The van der Waals surface area contributed by atoms with Crippen molar-refractivity contribution in [2.45, 2.75) is 26.1 Å². The molecule has 19 heavy (non-hydrogen) atoms. The zero-order valence-electron chi connectivity index (χ0n) is 10.9. The van der Waals surface area contributed by atoms with Crippen LogP contribution >= 0.6 is 0 Å². The standard InChI is InChI=1S/C13H16F3NO2/c1-8(12(18)19-3)9(2)17-11-6-4-10(5-7-11)13(14,15)16/h4-9,17H,1-3H3. The van der Waals surface area contributed by atoms with Crippen LogP contribution in [-0.4, -0.2) is 19.1 Å². The molecule has 0 aliphatic heterocycles. The van der Waals surface area contributed by atoms with Gasteiger partial charge in [-0.15, -0.1) is 0 Å². The molecule has 0 aliphatic carbocycles. The Morgan fingerprint density at radius 3 is 2.16 bits per heavy atom. The molecule has 2 unspecified atom stereocenters. The van der Waals surface area contributed by atoms with Gasteiger partial charge in [-0.3, -0.25) is 4.79 Å². The van der Waals surface area contributed by atoms with Gasteiger partial charge in [0.05, 0.1) is 18.6 Å². The van der Waals surface area contributed by atoms with Crippen molar-refractivity contribution in [1.29, 1.82) is 0 Å². The van der Waals surface area contributed by atoms with E-state index in [9.17, 15) is 18.0 Å². The van der Waals surface area contributed by atoms with Crippen LogP contribution in [0.4, 0.5) is 18.9 Å². The van der Waals surface area contributed by atoms with Gasteiger partial charge in [-0.2, -0.15) is 13.2 Å². The average molecular weight is 275 g/mol. The summed E-state index contributed by atoms with van der Waals surface area (Å²) < 4.78 is 41.7. The van der Waals surface area contributed by atoms with E-state index in [4.69, 9.17) is 0 Å². The summed E-state index contributed by atoms with van der Waals surface area (Å²) in [5.41, 5.74) is -0.178. The van der Waals surface area contributed by atoms with Crippen LogP contribution < -0.4 is 5.32 Å². The highest BCUT2D eigenvalue weighted by atomic mass is 19.4. The fraction of sp³-hybridized carbons (Fsp3) is 0.462. The monoisotopic (exact) mass is 275 g/mol. The second-order valence-electron chi connectivity index (χ2n) is 4.32. The van der Waals surface area contributed by atoms with Gasteiger partial charge in [-0.1, -0.05) is 0 Å². The highest BCUT2D eigenvalue weighted by molar-refractivity contribution is 5.73. The predicted molar refractivity (Wildman–Crippen MR) is 65.7 cm³/mol. The minimum absolute atomic E-state index is 0.246. The molecule has 1 rings (SSSR count). The maximum atomic E-state index is 12.4. The predicted octanol–water partition coefficient (Wildman–Crippen LogP) is 3.31. The van der Waals surface area contributed by atoms with E-state index in [2.05, 4.69) is 10.1 Å². The van der Waals surface area contributed by atoms with E-state index >= 15 is 0 Å². The van der Waals surface area contributed by atoms with E-state index in [1.807, 2.05) is 0 Å². The third-order valence-corrected chi connectivity index (χ3v) is 2.93. The third kappa shape index (κ3) is 4.15. The number of esters is 1. The molecule has 0 bridgehead atoms. The summed E-state index contributed by atoms with van der Waals surface area (Å²) in [4.78, 5) is 11.3. The molecule has 0 saturated heterocycles. The van der Waals surface area contributed by atoms with Crippen molar-refractivity contribution in [3.63, 3.8) is 0 Å². The molecule has 0 aliphatic rings. The molecule has 1 N–H and O–H groups in total. The fourth-order valence-corrected chi connectivity index (χ4v) is 1.53. The van der Waals surface area contributed by atoms with E-state index in [0.29, 0.717) is 5.69 Å². The first-order valence-corrected chi connectivity index (χ1v) is 5.77. The van der Waals surface area contributed by atoms with E-state index in [0.717, 1.165) is 12.1 Å². The summed E-state index contributed by atoms with van der Waals surface area (Å²) in [5.74, 6) is -0.765. The smallest absolute Gasteiger partial charge is 0.416 e. The molecule has 3 nitrogen and oxygen atoms in total. The summed E-state index contributed by atoms with van der Waals surface area (Å²) in [6.07, 6.45) is -4.34. The Bertz CT molecular complexity index is 429. The van der Waals surface area contributed by atoms with Gasteiger partial charge in [0.15, 0.2) is 0 Å². The topological polar surface area (TPSA) is 38.3 Å². The number of nitrogens with one attached hydrogen (secondary N) is 1. The third-order valence-electron chi connectivity index (χ3n) is 2.93. The van der Waals surface area contributed by atoms with E-state index in [-0.39, 0.29) is 12.0 Å². The fourth-order valence-electron chi connectivity index (χ4n) is 1.53. The molecule has 1 aromatic rings. The molecular formula is C13H16F3NO2. The van der Waals surface area contributed by atoms with Crippen LogP contribution in [0.3, 0.4) is 0 Å². The van der Waals surface area contributed by atoms with Crippen molar-refractivity contribution < 1.29 is 22.7 Å². The molecule has 0 aromatic heterocycles. The molecule has 6 heteroatoms. The first-order valence-electron chi connectivity index (χ1n) is 5.77. The molecule has 0 radical (unpaired) electrons. The van der Waals surface area contributed by atoms with Crippen LogP contribution in [0.25, 0.3) is 0 Å². The number of carbonyl (C=O) groups excluding carboxylic acids is 1. The number of halogens is 3. The van der Waals surface area contributed by atoms with Crippen molar-refractivity contribution in [2.24, 2.45) is 5.92 Å². The molecular weight excluding hydrogens is 259 g/mol. The van der Waals surface area contributed by atoms with Gasteiger partial charge in [-0.25, -0.2) is 0 Å². The van der Waals surface area contributed by atoms with Crippen molar-refractivity contribution in [3.05, 3.63) is 29.8 Å². The van der Waals surface area contributed by atoms with Crippen molar-refractivity contribution in [2.75, 3.05) is 12.4 Å². The number of rotatable bonds is 4. The Hall–Kier alpha value is -1.72. The van der Waals surface area contributed by atoms with E-state index in [1.54, 1.807) is 13.8 Å². The number of ether oxygens (including phenoxy) is 1. The molecule has 0 spiro atoms. The second-order valence-corrected chi connectivity index (χ2v) is 4.32. The van der Waals surface area contributed by atoms with Gasteiger partial charge in [0.1, 0.15) is 0 Å². The van der Waals surface area contributed by atoms with Gasteiger partial charge < -0.3 is 10.1 Å². The molecule has 0 amide bonds. The van der Waals surface area contributed by atoms with Crippen LogP contribution in [0.2, 0.25) is 0 Å². The van der Waals surface area contributed by atoms with Crippen LogP contribution in [0.5, 0.6) is 0 Å². The number of alkyl halides is 3. The Kier molecular flexibility index (Phi) is 4.80. The van der Waals surface area contributed by atoms with Gasteiger partial charge >= 0.3 is 12.1 Å². The summed E-state index contributed by atoms with van der Waals surface area (Å²) in [6.45, 7) is 3.45. The number of hydrogen-bond acceptors (Lipinski definition) is 3. The van der Waals surface area contributed by atoms with Crippen molar-refractivity contribution in [1.82, 2.24) is 0 Å². The molecule has 106 valence electrons. The number of anilines is 1. The maximum Gasteiger partial charge on any atom is 0.416 e. The summed E-state index contributed by atoms with van der Waals surface area (Å²) >= 11 is 0. The SMILES string of the molecule is COC(=O)C(C)C(C)Nc1ccc(C(F)(F)F)cc1. The van der Waals surface area contributed by atoms with E-state index in [1.165, 1.54) is 19.2 Å². The molecule has 2 atom stereocenters. The molecule has 0 heterocycles. The summed E-state index contributed by atoms with van der Waals surface area (Å²) in [6, 6.07) is 4.42. The lowest BCUT2D eigenvalue weighted by Crippen LogP contribution is -2.30. The van der Waals surface area contributed by atoms with Gasteiger partial charge in [0.2, 0.25) is 0 Å². The van der Waals surface area contributed by atoms with E-state index < -0.39 is 17.7 Å². The van der Waals surface area contributed by atoms with Crippen LogP contribution in [0.15, 0.2) is 24.3 Å². The van der Waals surface area contributed by atoms with Crippen LogP contribution in [0, 0.1) is 5.92 Å². The largest absolute Gasteiger partial charge is 0.469 e. The highest BCUT2D eigenvalue weighted by Crippen LogP contribution is 2.30. The zero-order valence-corrected chi connectivity index (χ0v) is 10.9. The van der Waals surface area contributed by atoms with Gasteiger partial charge in [0, 0.05) is 11.7 Å². The Morgan fingerprint density at radius 2 is 1.74 bits per heavy atom. The maximum absolute atomic E-state index is 12.4. The lowest BCUT2D eigenvalue weighted by Gasteiger charge is -2.20. The normalized spacial score (nSPS) is 14.6. The lowest BCUT2D eigenvalue weighted by molar-refractivity contribution is -0.145. The summed E-state index contributed by atoms with van der Waals surface area (Å²) in [5, 5.41) is 2.97. The van der Waals surface area contributed by atoms with Gasteiger partial charge in [-0.05, 0) is 38.1 Å². The summed E-state index contributed by atoms with van der Waals surface area (Å²) in [7, 11) is 1.30. The number of benzene rings is 1. The Morgan fingerprint density at radius 1 is 1.21 bits per heavy atom. The Labute approximate surface area is 109 Å². The molecule has 0 fully saturated rings. The first kappa shape index (κ1) is 15.3. The molecule has 1 aromatic carbocycles. The average Bonchev–Trinajstić information content (AvgIpc) is 2.36. The number of methoxy groups -OCH3 is 1. The Balaban J connectivity index is 2.70. The quantitative estimate of drug-likeness (QED) is 0.857. The number of hydrogen-bond donors (Lipinski definition) is 1.